The number of piperidine rings is 1. The van der Waals surface area contributed by atoms with Gasteiger partial charge in [-0.1, -0.05) is 13.8 Å². The van der Waals surface area contributed by atoms with E-state index in [0.717, 1.165) is 17.0 Å². The number of nitriles is 1. The molecule has 4 N–H and O–H groups in total. The third-order valence-corrected chi connectivity index (χ3v) is 8.07. The molecule has 0 unspecified atom stereocenters. The molecule has 4 rings (SSSR count). The summed E-state index contributed by atoms with van der Waals surface area (Å²) in [5.41, 5.74) is -2.18. The lowest BCUT2D eigenvalue weighted by Gasteiger charge is -2.37. The first-order valence-corrected chi connectivity index (χ1v) is 13.0. The van der Waals surface area contributed by atoms with Gasteiger partial charge in [0.25, 0.3) is 11.8 Å². The van der Waals surface area contributed by atoms with Crippen molar-refractivity contribution in [2.24, 2.45) is 17.3 Å². The van der Waals surface area contributed by atoms with Crippen molar-refractivity contribution in [3.8, 4) is 11.8 Å². The number of rotatable bonds is 8. The molecule has 2 aliphatic heterocycles. The molecule has 0 radical (unpaired) electrons. The molecule has 1 saturated carbocycles. The highest BCUT2D eigenvalue weighted by atomic mass is 19.3. The fraction of sp³-hybridized carbons (Fsp3) is 0.593. The van der Waals surface area contributed by atoms with E-state index in [2.05, 4.69) is 10.6 Å². The molecule has 1 aromatic rings. The van der Waals surface area contributed by atoms with Crippen molar-refractivity contribution in [3.63, 3.8) is 0 Å². The predicted octanol–water partition coefficient (Wildman–Crippen LogP) is 1.32. The normalized spacial score (nSPS) is 25.9. The molecular weight excluding hydrogens is 547 g/mol. The van der Waals surface area contributed by atoms with Crippen LogP contribution in [0.2, 0.25) is 0 Å². The van der Waals surface area contributed by atoms with Crippen LogP contribution in [-0.2, 0) is 19.2 Å². The van der Waals surface area contributed by atoms with Gasteiger partial charge in [0, 0.05) is 26.0 Å². The molecule has 1 aromatic carbocycles. The van der Waals surface area contributed by atoms with Crippen molar-refractivity contribution in [3.05, 3.63) is 24.0 Å². The molecule has 6 atom stereocenters. The molecule has 1 aliphatic carbocycles. The maximum Gasteiger partial charge on any atom is 0.321 e. The summed E-state index contributed by atoms with van der Waals surface area (Å²) in [6.07, 6.45) is -1.45. The molecule has 0 bridgehead atoms. The number of halogens is 3. The average Bonchev–Trinajstić information content (AvgIpc) is 3.18. The molecule has 14 heteroatoms. The summed E-state index contributed by atoms with van der Waals surface area (Å²) < 4.78 is 46.3. The molecule has 2 heterocycles. The molecule has 222 valence electrons. The molecular formula is C27H32F3N5O6. The third-order valence-electron chi connectivity index (χ3n) is 8.07. The number of carbonyl (C=O) groups excluding carboxylic acids is 4. The number of hydrogen-bond acceptors (Lipinski definition) is 7. The van der Waals surface area contributed by atoms with Gasteiger partial charge in [0.1, 0.15) is 29.7 Å². The van der Waals surface area contributed by atoms with Gasteiger partial charge in [-0.15, -0.1) is 0 Å². The first-order valence-electron chi connectivity index (χ1n) is 13.0. The minimum Gasteiger partial charge on any atom is -0.478 e. The Hall–Kier alpha value is -3.86. The number of nitrogens with one attached hydrogen (secondary N) is 3. The van der Waals surface area contributed by atoms with Crippen molar-refractivity contribution < 1.29 is 42.2 Å². The lowest BCUT2D eigenvalue weighted by atomic mass is 9.94. The zero-order chi connectivity index (χ0) is 30.7. The van der Waals surface area contributed by atoms with E-state index in [4.69, 9.17) is 4.74 Å². The fourth-order valence-electron chi connectivity index (χ4n) is 5.67. The molecule has 3 aliphatic rings. The molecule has 41 heavy (non-hydrogen) atoms. The Kier molecular flexibility index (Phi) is 7.49. The number of nitrogens with zero attached hydrogens (tertiary/aromatic N) is 2. The Balaban J connectivity index is 1.51. The maximum atomic E-state index is 13.6. The van der Waals surface area contributed by atoms with E-state index in [1.807, 2.05) is 25.2 Å². The van der Waals surface area contributed by atoms with Crippen LogP contribution < -0.4 is 20.7 Å². The SMILES string of the molecule is CC(F)(F)C(=O)N[C@H](C(=O)N1C[C@H]2[C@@H]([C@H]1C(=O)N[C@H](C#N)C[C@@H]1Oc3ccc(F)cc3NC1=O)C2(C)C)C(C)(C)O. The van der Waals surface area contributed by atoms with Crippen molar-refractivity contribution >= 4 is 29.3 Å². The van der Waals surface area contributed by atoms with Crippen molar-refractivity contribution in [2.75, 3.05) is 11.9 Å². The average molecular weight is 580 g/mol. The Morgan fingerprint density at radius 2 is 1.93 bits per heavy atom. The van der Waals surface area contributed by atoms with Crippen molar-refractivity contribution in [1.29, 1.82) is 5.26 Å². The highest BCUT2D eigenvalue weighted by molar-refractivity contribution is 5.98. The second-order valence-electron chi connectivity index (χ2n) is 12.0. The number of aliphatic hydroxyl groups is 1. The summed E-state index contributed by atoms with van der Waals surface area (Å²) in [5.74, 6) is -8.73. The van der Waals surface area contributed by atoms with E-state index in [1.54, 1.807) is 0 Å². The van der Waals surface area contributed by atoms with Gasteiger partial charge < -0.3 is 30.7 Å². The predicted molar refractivity (Wildman–Crippen MR) is 137 cm³/mol. The number of benzene rings is 1. The monoisotopic (exact) mass is 579 g/mol. The van der Waals surface area contributed by atoms with Crippen molar-refractivity contribution in [1.82, 2.24) is 15.5 Å². The molecule has 2 fully saturated rings. The number of hydrogen-bond donors (Lipinski definition) is 4. The number of likely N-dealkylation sites (tertiary alicyclic amines) is 1. The largest absolute Gasteiger partial charge is 0.478 e. The van der Waals surface area contributed by atoms with Crippen molar-refractivity contribution in [2.45, 2.75) is 76.8 Å². The van der Waals surface area contributed by atoms with E-state index >= 15 is 0 Å². The van der Waals surface area contributed by atoms with Gasteiger partial charge in [-0.3, -0.25) is 19.2 Å². The molecule has 0 spiro atoms. The van der Waals surface area contributed by atoms with Gasteiger partial charge >= 0.3 is 5.92 Å². The van der Waals surface area contributed by atoms with Gasteiger partial charge in [0.15, 0.2) is 6.10 Å². The molecule has 11 nitrogen and oxygen atoms in total. The quantitative estimate of drug-likeness (QED) is 0.361. The minimum absolute atomic E-state index is 0.0677. The highest BCUT2D eigenvalue weighted by Crippen LogP contribution is 2.65. The van der Waals surface area contributed by atoms with Crippen LogP contribution in [0.5, 0.6) is 5.75 Å². The van der Waals surface area contributed by atoms with E-state index in [0.29, 0.717) is 6.92 Å². The summed E-state index contributed by atoms with van der Waals surface area (Å²) in [6, 6.07) is 1.29. The van der Waals surface area contributed by atoms with E-state index < -0.39 is 65.2 Å². The van der Waals surface area contributed by atoms with Crippen LogP contribution in [0.1, 0.15) is 41.0 Å². The summed E-state index contributed by atoms with van der Waals surface area (Å²) in [7, 11) is 0. The Morgan fingerprint density at radius 3 is 2.51 bits per heavy atom. The van der Waals surface area contributed by atoms with Crippen LogP contribution >= 0.6 is 0 Å². The number of alkyl halides is 2. The lowest BCUT2D eigenvalue weighted by Crippen LogP contribution is -2.63. The maximum absolute atomic E-state index is 13.6. The van der Waals surface area contributed by atoms with Crippen LogP contribution in [0.25, 0.3) is 0 Å². The standard InChI is InChI=1S/C27H32F3N5O6/c1-25(2)14-11-35(23(38)20(26(3,4)40)34-24(39)27(5,29)30)19(18(14)25)22(37)32-13(10-31)9-17-21(36)33-15-8-12(28)6-7-16(15)41-17/h6-8,13-14,17-20,40H,9,11H2,1-5H3,(H,32,37)(H,33,36)(H,34,39)/t13-,14-,17-,18-,19-,20+/m0/s1. The Labute approximate surface area is 234 Å². The van der Waals surface area contributed by atoms with Crippen LogP contribution in [0.3, 0.4) is 0 Å². The minimum atomic E-state index is -3.82. The first kappa shape index (κ1) is 30.1. The van der Waals surface area contributed by atoms with Crippen LogP contribution in [0, 0.1) is 34.4 Å². The van der Waals surface area contributed by atoms with E-state index in [1.165, 1.54) is 19.9 Å². The Bertz CT molecular complexity index is 1320. The van der Waals surface area contributed by atoms with E-state index in [9.17, 15) is 42.7 Å². The van der Waals surface area contributed by atoms with Crippen LogP contribution in [0.15, 0.2) is 18.2 Å². The molecule has 0 aromatic heterocycles. The van der Waals surface area contributed by atoms with E-state index in [-0.39, 0.29) is 41.7 Å². The number of fused-ring (bicyclic) bond motifs is 2. The summed E-state index contributed by atoms with van der Waals surface area (Å²) in [5, 5.41) is 27.3. The third kappa shape index (κ3) is 5.81. The second-order valence-corrected chi connectivity index (χ2v) is 12.0. The number of ether oxygens (including phenoxy) is 1. The van der Waals surface area contributed by atoms with Gasteiger partial charge in [-0.25, -0.2) is 4.39 Å². The van der Waals surface area contributed by atoms with Gasteiger partial charge in [0.2, 0.25) is 11.8 Å². The van der Waals surface area contributed by atoms with Gasteiger partial charge in [-0.05, 0) is 43.2 Å². The number of carbonyl (C=O) groups is 4. The smallest absolute Gasteiger partial charge is 0.321 e. The van der Waals surface area contributed by atoms with Gasteiger partial charge in [-0.2, -0.15) is 14.0 Å². The zero-order valence-corrected chi connectivity index (χ0v) is 23.1. The summed E-state index contributed by atoms with van der Waals surface area (Å²) in [6.45, 7) is 6.57. The second kappa shape index (κ2) is 10.2. The fourth-order valence-corrected chi connectivity index (χ4v) is 5.67. The first-order chi connectivity index (χ1) is 18.9. The molecule has 4 amide bonds. The summed E-state index contributed by atoms with van der Waals surface area (Å²) in [4.78, 5) is 52.8. The topological polar surface area (TPSA) is 161 Å². The lowest BCUT2D eigenvalue weighted by molar-refractivity contribution is -0.154. The highest BCUT2D eigenvalue weighted by Gasteiger charge is 2.70. The number of anilines is 1. The summed E-state index contributed by atoms with van der Waals surface area (Å²) >= 11 is 0. The van der Waals surface area contributed by atoms with Crippen LogP contribution in [-0.4, -0.2) is 75.9 Å². The molecule has 1 saturated heterocycles. The van der Waals surface area contributed by atoms with Crippen LogP contribution in [0.4, 0.5) is 18.9 Å². The number of amides is 4. The zero-order valence-electron chi connectivity index (χ0n) is 23.1. The Morgan fingerprint density at radius 1 is 1.27 bits per heavy atom. The van der Waals surface area contributed by atoms with Gasteiger partial charge in [0.05, 0.1) is 17.4 Å².